The highest BCUT2D eigenvalue weighted by Gasteiger charge is 2.32. The molecule has 0 bridgehead atoms. The largest absolute Gasteiger partial charge is 0.314 e. The van der Waals surface area contributed by atoms with E-state index in [-0.39, 0.29) is 30.9 Å². The first-order chi connectivity index (χ1) is 10.0. The lowest BCUT2D eigenvalue weighted by atomic mass is 10.1. The monoisotopic (exact) mass is 377 g/mol. The maximum atomic E-state index is 13.0. The SMILES string of the molecule is Cc1cncc2cccc(S(=O)(=O)N3CCNCC3C)c12.Cl.Cl. The number of nitrogens with zero attached hydrogens (tertiary/aromatic N) is 2. The molecular weight excluding hydrogens is 357 g/mol. The van der Waals surface area contributed by atoms with Crippen LogP contribution >= 0.6 is 24.8 Å². The zero-order chi connectivity index (χ0) is 15.0. The topological polar surface area (TPSA) is 62.3 Å². The van der Waals surface area contributed by atoms with E-state index in [0.29, 0.717) is 24.5 Å². The highest BCUT2D eigenvalue weighted by atomic mass is 35.5. The Bertz CT molecular complexity index is 778. The molecule has 1 saturated heterocycles. The number of piperazine rings is 1. The van der Waals surface area contributed by atoms with E-state index in [2.05, 4.69) is 10.3 Å². The van der Waals surface area contributed by atoms with Gasteiger partial charge in [0.25, 0.3) is 0 Å². The predicted molar refractivity (Wildman–Crippen MR) is 97.2 cm³/mol. The molecule has 0 radical (unpaired) electrons. The number of benzene rings is 1. The molecule has 1 unspecified atom stereocenters. The molecule has 0 saturated carbocycles. The Morgan fingerprint density at radius 1 is 1.26 bits per heavy atom. The summed E-state index contributed by atoms with van der Waals surface area (Å²) in [5, 5.41) is 4.86. The van der Waals surface area contributed by atoms with E-state index >= 15 is 0 Å². The number of aromatic nitrogens is 1. The lowest BCUT2D eigenvalue weighted by Crippen LogP contribution is -2.52. The van der Waals surface area contributed by atoms with E-state index in [0.717, 1.165) is 16.3 Å². The van der Waals surface area contributed by atoms with Crippen LogP contribution in [0.1, 0.15) is 12.5 Å². The highest BCUT2D eigenvalue weighted by molar-refractivity contribution is 7.89. The van der Waals surface area contributed by atoms with Gasteiger partial charge in [0.1, 0.15) is 0 Å². The van der Waals surface area contributed by atoms with Crippen molar-refractivity contribution in [2.24, 2.45) is 0 Å². The molecular formula is C15H21Cl2N3O2S. The third-order valence-corrected chi connectivity index (χ3v) is 6.02. The Kier molecular flexibility index (Phi) is 6.80. The Morgan fingerprint density at radius 3 is 2.70 bits per heavy atom. The summed E-state index contributed by atoms with van der Waals surface area (Å²) in [6.45, 7) is 5.71. The number of hydrogen-bond donors (Lipinski definition) is 1. The standard InChI is InChI=1S/C15H19N3O2S.2ClH/c1-11-8-17-10-13-4-3-5-14(15(11)13)21(19,20)18-7-6-16-9-12(18)2;;/h3-5,8,10,12,16H,6-7,9H2,1-2H3;2*1H. The van der Waals surface area contributed by atoms with Gasteiger partial charge in [-0.3, -0.25) is 4.98 Å². The van der Waals surface area contributed by atoms with Crippen LogP contribution in [0.4, 0.5) is 0 Å². The lowest BCUT2D eigenvalue weighted by Gasteiger charge is -2.33. The molecule has 1 N–H and O–H groups in total. The van der Waals surface area contributed by atoms with Crippen molar-refractivity contribution in [3.05, 3.63) is 36.2 Å². The Morgan fingerprint density at radius 2 is 2.00 bits per heavy atom. The number of halogens is 2. The molecule has 1 aliphatic heterocycles. The van der Waals surface area contributed by atoms with Gasteiger partial charge >= 0.3 is 0 Å². The van der Waals surface area contributed by atoms with Gasteiger partial charge in [-0.05, 0) is 25.5 Å². The van der Waals surface area contributed by atoms with Crippen LogP contribution < -0.4 is 5.32 Å². The Balaban J connectivity index is 0.00000132. The quantitative estimate of drug-likeness (QED) is 0.872. The van der Waals surface area contributed by atoms with Gasteiger partial charge in [0.05, 0.1) is 4.90 Å². The van der Waals surface area contributed by atoms with Crippen molar-refractivity contribution in [1.82, 2.24) is 14.6 Å². The van der Waals surface area contributed by atoms with Crippen LogP contribution in [-0.2, 0) is 10.0 Å². The minimum atomic E-state index is -3.49. The van der Waals surface area contributed by atoms with E-state index < -0.39 is 10.0 Å². The van der Waals surface area contributed by atoms with E-state index in [9.17, 15) is 8.42 Å². The van der Waals surface area contributed by atoms with E-state index in [4.69, 9.17) is 0 Å². The van der Waals surface area contributed by atoms with Crippen molar-refractivity contribution < 1.29 is 8.42 Å². The molecule has 1 aromatic carbocycles. The van der Waals surface area contributed by atoms with Crippen LogP contribution in [0.2, 0.25) is 0 Å². The molecule has 2 aromatic rings. The average Bonchev–Trinajstić information content (AvgIpc) is 2.47. The van der Waals surface area contributed by atoms with E-state index in [1.165, 1.54) is 0 Å². The number of hydrogen-bond acceptors (Lipinski definition) is 4. The molecule has 8 heteroatoms. The maximum absolute atomic E-state index is 13.0. The number of nitrogens with one attached hydrogen (secondary N) is 1. The van der Waals surface area contributed by atoms with Crippen LogP contribution in [0.5, 0.6) is 0 Å². The molecule has 1 atom stereocenters. The van der Waals surface area contributed by atoms with Crippen LogP contribution in [-0.4, -0.2) is 43.4 Å². The lowest BCUT2D eigenvalue weighted by molar-refractivity contribution is 0.284. The van der Waals surface area contributed by atoms with Gasteiger partial charge in [0.15, 0.2) is 0 Å². The van der Waals surface area contributed by atoms with Crippen molar-refractivity contribution >= 4 is 45.6 Å². The van der Waals surface area contributed by atoms with Crippen molar-refractivity contribution in [2.75, 3.05) is 19.6 Å². The van der Waals surface area contributed by atoms with Crippen molar-refractivity contribution in [2.45, 2.75) is 24.8 Å². The molecule has 3 rings (SSSR count). The van der Waals surface area contributed by atoms with Crippen molar-refractivity contribution in [3.8, 4) is 0 Å². The van der Waals surface area contributed by atoms with Gasteiger partial charge in [-0.25, -0.2) is 8.42 Å². The average molecular weight is 378 g/mol. The third kappa shape index (κ3) is 3.61. The fraction of sp³-hybridized carbons (Fsp3) is 0.400. The number of sulfonamides is 1. The second-order valence-electron chi connectivity index (χ2n) is 5.48. The first-order valence-corrected chi connectivity index (χ1v) is 8.51. The fourth-order valence-electron chi connectivity index (χ4n) is 2.89. The molecule has 0 amide bonds. The summed E-state index contributed by atoms with van der Waals surface area (Å²) in [4.78, 5) is 4.53. The summed E-state index contributed by atoms with van der Waals surface area (Å²) in [5.74, 6) is 0. The summed E-state index contributed by atoms with van der Waals surface area (Å²) in [5.41, 5.74) is 0.884. The maximum Gasteiger partial charge on any atom is 0.244 e. The summed E-state index contributed by atoms with van der Waals surface area (Å²) < 4.78 is 27.7. The molecule has 128 valence electrons. The third-order valence-electron chi connectivity index (χ3n) is 3.96. The molecule has 0 spiro atoms. The van der Waals surface area contributed by atoms with Crippen molar-refractivity contribution in [3.63, 3.8) is 0 Å². The van der Waals surface area contributed by atoms with Crippen LogP contribution in [0.3, 0.4) is 0 Å². The molecule has 1 aliphatic rings. The summed E-state index contributed by atoms with van der Waals surface area (Å²) in [7, 11) is -3.49. The summed E-state index contributed by atoms with van der Waals surface area (Å²) >= 11 is 0. The van der Waals surface area contributed by atoms with Gasteiger partial charge in [0.2, 0.25) is 10.0 Å². The van der Waals surface area contributed by atoms with Crippen LogP contribution in [0.25, 0.3) is 10.8 Å². The van der Waals surface area contributed by atoms with Crippen LogP contribution in [0, 0.1) is 6.92 Å². The second-order valence-corrected chi connectivity index (χ2v) is 7.34. The first kappa shape index (κ1) is 20.1. The second kappa shape index (κ2) is 7.77. The Hall–Kier alpha value is -0.920. The van der Waals surface area contributed by atoms with E-state index in [1.54, 1.807) is 28.8 Å². The van der Waals surface area contributed by atoms with Crippen LogP contribution in [0.15, 0.2) is 35.5 Å². The molecule has 1 aromatic heterocycles. The molecule has 23 heavy (non-hydrogen) atoms. The smallest absolute Gasteiger partial charge is 0.244 e. The van der Waals surface area contributed by atoms with E-state index in [1.807, 2.05) is 19.9 Å². The van der Waals surface area contributed by atoms with Crippen molar-refractivity contribution in [1.29, 1.82) is 0 Å². The normalized spacial score (nSPS) is 19.0. The highest BCUT2D eigenvalue weighted by Crippen LogP contribution is 2.28. The number of rotatable bonds is 2. The van der Waals surface area contributed by atoms with Gasteiger partial charge in [-0.2, -0.15) is 4.31 Å². The van der Waals surface area contributed by atoms with Gasteiger partial charge in [-0.15, -0.1) is 24.8 Å². The summed E-state index contributed by atoms with van der Waals surface area (Å²) in [6.07, 6.45) is 3.42. The van der Waals surface area contributed by atoms with Gasteiger partial charge in [-0.1, -0.05) is 12.1 Å². The molecule has 2 heterocycles. The van der Waals surface area contributed by atoms with Gasteiger partial charge in [0, 0.05) is 48.8 Å². The fourth-order valence-corrected chi connectivity index (χ4v) is 4.81. The number of fused-ring (bicyclic) bond motifs is 1. The summed E-state index contributed by atoms with van der Waals surface area (Å²) in [6, 6.07) is 5.33. The minimum absolute atomic E-state index is 0. The Labute approximate surface area is 149 Å². The number of aryl methyl sites for hydroxylation is 1. The van der Waals surface area contributed by atoms with Gasteiger partial charge < -0.3 is 5.32 Å². The zero-order valence-corrected chi connectivity index (χ0v) is 15.5. The molecule has 5 nitrogen and oxygen atoms in total. The number of pyridine rings is 1. The zero-order valence-electron chi connectivity index (χ0n) is 13.0. The molecule has 1 fully saturated rings. The molecule has 0 aliphatic carbocycles. The minimum Gasteiger partial charge on any atom is -0.314 e. The first-order valence-electron chi connectivity index (χ1n) is 7.07. The predicted octanol–water partition coefficient (Wildman–Crippen LogP) is 2.37.